The Morgan fingerprint density at radius 2 is 1.95 bits per heavy atom. The van der Waals surface area contributed by atoms with Crippen molar-refractivity contribution in [2.75, 3.05) is 19.0 Å². The van der Waals surface area contributed by atoms with Crippen molar-refractivity contribution in [3.05, 3.63) is 28.8 Å². The second-order valence-corrected chi connectivity index (χ2v) is 5.12. The molecule has 8 heteroatoms. The van der Waals surface area contributed by atoms with Crippen LogP contribution in [-0.4, -0.2) is 37.6 Å². The molecule has 0 spiro atoms. The summed E-state index contributed by atoms with van der Waals surface area (Å²) in [5.41, 5.74) is 0.691. The minimum absolute atomic E-state index is 0.0698. The average Bonchev–Trinajstić information content (AvgIpc) is 2.44. The van der Waals surface area contributed by atoms with E-state index < -0.39 is 17.9 Å². The molecule has 22 heavy (non-hydrogen) atoms. The van der Waals surface area contributed by atoms with Gasteiger partial charge in [0.25, 0.3) is 0 Å². The number of imide groups is 1. The SMILES string of the molecule is COC(=O)c1cc(NCC(=O)NC(=O)NC(C)C)ccc1Cl. The number of carbonyl (C=O) groups excluding carboxylic acids is 3. The highest BCUT2D eigenvalue weighted by Gasteiger charge is 2.12. The predicted octanol–water partition coefficient (Wildman–Crippen LogP) is 1.77. The Morgan fingerprint density at radius 3 is 2.55 bits per heavy atom. The van der Waals surface area contributed by atoms with Crippen molar-refractivity contribution in [2.24, 2.45) is 0 Å². The standard InChI is InChI=1S/C14H18ClN3O4/c1-8(2)17-14(21)18-12(19)7-16-9-4-5-11(15)10(6-9)13(20)22-3/h4-6,8,16H,7H2,1-3H3,(H2,17,18,19,21). The second-order valence-electron chi connectivity index (χ2n) is 4.72. The van der Waals surface area contributed by atoms with Crippen LogP contribution in [0.4, 0.5) is 10.5 Å². The second kappa shape index (κ2) is 8.23. The van der Waals surface area contributed by atoms with Gasteiger partial charge in [-0.3, -0.25) is 10.1 Å². The number of amides is 3. The molecule has 0 radical (unpaired) electrons. The van der Waals surface area contributed by atoms with Gasteiger partial charge in [-0.15, -0.1) is 0 Å². The number of carbonyl (C=O) groups is 3. The number of halogens is 1. The highest BCUT2D eigenvalue weighted by Crippen LogP contribution is 2.21. The predicted molar refractivity (Wildman–Crippen MR) is 83.1 cm³/mol. The topological polar surface area (TPSA) is 96.5 Å². The molecule has 120 valence electrons. The summed E-state index contributed by atoms with van der Waals surface area (Å²) in [6.45, 7) is 3.43. The first-order valence-electron chi connectivity index (χ1n) is 6.55. The van der Waals surface area contributed by atoms with Crippen LogP contribution in [0.5, 0.6) is 0 Å². The Hall–Kier alpha value is -2.28. The van der Waals surface area contributed by atoms with Crippen LogP contribution in [0, 0.1) is 0 Å². The van der Waals surface area contributed by atoms with Crippen LogP contribution in [0.1, 0.15) is 24.2 Å². The number of hydrogen-bond acceptors (Lipinski definition) is 5. The molecule has 3 N–H and O–H groups in total. The molecule has 0 saturated heterocycles. The fourth-order valence-electron chi connectivity index (χ4n) is 1.55. The molecule has 0 atom stereocenters. The Bertz CT molecular complexity index is 575. The van der Waals surface area contributed by atoms with Gasteiger partial charge in [0, 0.05) is 11.7 Å². The van der Waals surface area contributed by atoms with Crippen LogP contribution >= 0.6 is 11.6 Å². The quantitative estimate of drug-likeness (QED) is 0.716. The third kappa shape index (κ3) is 5.61. The van der Waals surface area contributed by atoms with Gasteiger partial charge in [0.1, 0.15) is 0 Å². The fraction of sp³-hybridized carbons (Fsp3) is 0.357. The lowest BCUT2D eigenvalue weighted by atomic mass is 10.2. The van der Waals surface area contributed by atoms with E-state index in [-0.39, 0.29) is 23.2 Å². The van der Waals surface area contributed by atoms with Crippen LogP contribution in [-0.2, 0) is 9.53 Å². The highest BCUT2D eigenvalue weighted by atomic mass is 35.5. The Balaban J connectivity index is 2.59. The lowest BCUT2D eigenvalue weighted by Crippen LogP contribution is -2.44. The van der Waals surface area contributed by atoms with Gasteiger partial charge in [-0.05, 0) is 32.0 Å². The summed E-state index contributed by atoms with van der Waals surface area (Å²) in [7, 11) is 1.25. The molecule has 0 aliphatic rings. The third-order valence-electron chi connectivity index (χ3n) is 2.50. The highest BCUT2D eigenvalue weighted by molar-refractivity contribution is 6.33. The molecular weight excluding hydrogens is 310 g/mol. The fourth-order valence-corrected chi connectivity index (χ4v) is 1.75. The minimum atomic E-state index is -0.575. The summed E-state index contributed by atoms with van der Waals surface area (Å²) in [6, 6.07) is 3.96. The van der Waals surface area contributed by atoms with E-state index in [9.17, 15) is 14.4 Å². The molecule has 0 saturated carbocycles. The largest absolute Gasteiger partial charge is 0.465 e. The van der Waals surface area contributed by atoms with Gasteiger partial charge >= 0.3 is 12.0 Å². The first-order chi connectivity index (χ1) is 10.3. The van der Waals surface area contributed by atoms with Crippen molar-refractivity contribution < 1.29 is 19.1 Å². The molecule has 1 aromatic rings. The number of hydrogen-bond donors (Lipinski definition) is 3. The summed E-state index contributed by atoms with van der Waals surface area (Å²) in [6.07, 6.45) is 0. The third-order valence-corrected chi connectivity index (χ3v) is 2.83. The maximum atomic E-state index is 11.6. The Labute approximate surface area is 133 Å². The van der Waals surface area contributed by atoms with Crippen molar-refractivity contribution in [2.45, 2.75) is 19.9 Å². The van der Waals surface area contributed by atoms with Crippen molar-refractivity contribution in [3.8, 4) is 0 Å². The number of benzene rings is 1. The molecule has 0 aromatic heterocycles. The number of rotatable bonds is 5. The summed E-state index contributed by atoms with van der Waals surface area (Å²) in [4.78, 5) is 34.5. The van der Waals surface area contributed by atoms with Gasteiger partial charge in [0.05, 0.1) is 24.2 Å². The molecule has 7 nitrogen and oxygen atoms in total. The van der Waals surface area contributed by atoms with E-state index >= 15 is 0 Å². The smallest absolute Gasteiger partial charge is 0.339 e. The van der Waals surface area contributed by atoms with E-state index in [4.69, 9.17) is 11.6 Å². The van der Waals surface area contributed by atoms with Gasteiger partial charge in [-0.25, -0.2) is 9.59 Å². The zero-order valence-corrected chi connectivity index (χ0v) is 13.3. The van der Waals surface area contributed by atoms with Crippen LogP contribution in [0.25, 0.3) is 0 Å². The van der Waals surface area contributed by atoms with E-state index in [1.165, 1.54) is 19.2 Å². The molecule has 1 rings (SSSR count). The zero-order chi connectivity index (χ0) is 16.7. The first-order valence-corrected chi connectivity index (χ1v) is 6.93. The van der Waals surface area contributed by atoms with Crippen molar-refractivity contribution in [1.29, 1.82) is 0 Å². The van der Waals surface area contributed by atoms with Crippen molar-refractivity contribution in [1.82, 2.24) is 10.6 Å². The lowest BCUT2D eigenvalue weighted by Gasteiger charge is -2.11. The zero-order valence-electron chi connectivity index (χ0n) is 12.5. The summed E-state index contributed by atoms with van der Waals surface area (Å²) in [5, 5.41) is 7.75. The Kier molecular flexibility index (Phi) is 6.65. The molecule has 0 fully saturated rings. The van der Waals surface area contributed by atoms with Gasteiger partial charge in [-0.1, -0.05) is 11.6 Å². The number of urea groups is 1. The van der Waals surface area contributed by atoms with Gasteiger partial charge < -0.3 is 15.4 Å². The van der Waals surface area contributed by atoms with Crippen LogP contribution in [0.15, 0.2) is 18.2 Å². The summed E-state index contributed by atoms with van der Waals surface area (Å²) < 4.78 is 4.60. The summed E-state index contributed by atoms with van der Waals surface area (Å²) in [5.74, 6) is -1.08. The number of anilines is 1. The molecule has 0 heterocycles. The monoisotopic (exact) mass is 327 g/mol. The molecule has 0 aliphatic heterocycles. The summed E-state index contributed by atoms with van der Waals surface area (Å²) >= 11 is 5.89. The van der Waals surface area contributed by atoms with E-state index in [2.05, 4.69) is 20.7 Å². The average molecular weight is 328 g/mol. The van der Waals surface area contributed by atoms with Crippen LogP contribution < -0.4 is 16.0 Å². The van der Waals surface area contributed by atoms with Gasteiger partial charge in [0.15, 0.2) is 0 Å². The van der Waals surface area contributed by atoms with Crippen molar-refractivity contribution in [3.63, 3.8) is 0 Å². The van der Waals surface area contributed by atoms with Gasteiger partial charge in [-0.2, -0.15) is 0 Å². The minimum Gasteiger partial charge on any atom is -0.465 e. The molecule has 3 amide bonds. The number of nitrogens with one attached hydrogen (secondary N) is 3. The molecule has 0 bridgehead atoms. The number of esters is 1. The van der Waals surface area contributed by atoms with Crippen LogP contribution in [0.2, 0.25) is 5.02 Å². The molecule has 0 aliphatic carbocycles. The normalized spacial score (nSPS) is 10.0. The van der Waals surface area contributed by atoms with Crippen LogP contribution in [0.3, 0.4) is 0 Å². The number of ether oxygens (including phenoxy) is 1. The van der Waals surface area contributed by atoms with Gasteiger partial charge in [0.2, 0.25) is 5.91 Å². The van der Waals surface area contributed by atoms with E-state index in [0.717, 1.165) is 0 Å². The van der Waals surface area contributed by atoms with E-state index in [1.54, 1.807) is 19.9 Å². The Morgan fingerprint density at radius 1 is 1.27 bits per heavy atom. The maximum absolute atomic E-state index is 11.6. The van der Waals surface area contributed by atoms with E-state index in [1.807, 2.05) is 0 Å². The number of methoxy groups -OCH3 is 1. The molecular formula is C14H18ClN3O4. The first kappa shape index (κ1) is 17.8. The lowest BCUT2D eigenvalue weighted by molar-refractivity contribution is -0.118. The molecule has 0 unspecified atom stereocenters. The molecule has 1 aromatic carbocycles. The maximum Gasteiger partial charge on any atom is 0.339 e. The van der Waals surface area contributed by atoms with E-state index in [0.29, 0.717) is 5.69 Å². The van der Waals surface area contributed by atoms with Crippen molar-refractivity contribution >= 4 is 35.2 Å².